The number of piperazine rings is 1. The molecule has 80 valence electrons. The molecular weight excluding hydrogens is 176 g/mol. The molecule has 3 nitrogen and oxygen atoms in total. The minimum Gasteiger partial charge on any atom is -0.395 e. The van der Waals surface area contributed by atoms with E-state index < -0.39 is 0 Å². The van der Waals surface area contributed by atoms with Gasteiger partial charge in [0.25, 0.3) is 0 Å². The molecule has 2 aliphatic rings. The first-order valence-electron chi connectivity index (χ1n) is 5.64. The van der Waals surface area contributed by atoms with Gasteiger partial charge in [-0.05, 0) is 12.8 Å². The van der Waals surface area contributed by atoms with E-state index in [0.29, 0.717) is 12.6 Å². The summed E-state index contributed by atoms with van der Waals surface area (Å²) >= 11 is 0. The molecule has 3 heteroatoms. The number of allylic oxidation sites excluding steroid dienone is 1. The molecule has 1 N–H and O–H groups in total. The lowest BCUT2D eigenvalue weighted by molar-refractivity contribution is 0.0963. The van der Waals surface area contributed by atoms with Crippen LogP contribution >= 0.6 is 0 Å². The Kier molecular flexibility index (Phi) is 3.56. The fourth-order valence-electron chi connectivity index (χ4n) is 2.38. The predicted molar refractivity (Wildman–Crippen MR) is 57.3 cm³/mol. The van der Waals surface area contributed by atoms with Gasteiger partial charge in [0.1, 0.15) is 0 Å². The van der Waals surface area contributed by atoms with Crippen LogP contribution in [0.25, 0.3) is 0 Å². The lowest BCUT2D eigenvalue weighted by Gasteiger charge is -2.37. The average Bonchev–Trinajstić information content (AvgIpc) is 2.72. The van der Waals surface area contributed by atoms with Gasteiger partial charge >= 0.3 is 0 Å². The Hall–Kier alpha value is -0.380. The minimum absolute atomic E-state index is 0.295. The summed E-state index contributed by atoms with van der Waals surface area (Å²) in [7, 11) is 0. The monoisotopic (exact) mass is 196 g/mol. The lowest BCUT2D eigenvalue weighted by atomic mass is 10.2. The van der Waals surface area contributed by atoms with E-state index in [2.05, 4.69) is 22.0 Å². The first kappa shape index (κ1) is 10.1. The SMILES string of the molecule is OCCN1CCN(C2C=CCC2)CC1. The van der Waals surface area contributed by atoms with Crippen LogP contribution in [0.5, 0.6) is 0 Å². The molecule has 1 atom stereocenters. The van der Waals surface area contributed by atoms with Crippen LogP contribution in [0.15, 0.2) is 12.2 Å². The zero-order chi connectivity index (χ0) is 9.80. The third-order valence-corrected chi connectivity index (χ3v) is 3.28. The van der Waals surface area contributed by atoms with Gasteiger partial charge < -0.3 is 5.11 Å². The molecule has 1 fully saturated rings. The summed E-state index contributed by atoms with van der Waals surface area (Å²) in [4.78, 5) is 4.91. The van der Waals surface area contributed by atoms with Crippen molar-refractivity contribution in [3.63, 3.8) is 0 Å². The summed E-state index contributed by atoms with van der Waals surface area (Å²) in [5, 5.41) is 8.83. The van der Waals surface area contributed by atoms with Gasteiger partial charge in [0.2, 0.25) is 0 Å². The van der Waals surface area contributed by atoms with Crippen LogP contribution in [0.4, 0.5) is 0 Å². The highest BCUT2D eigenvalue weighted by atomic mass is 16.3. The van der Waals surface area contributed by atoms with E-state index in [9.17, 15) is 0 Å². The number of aliphatic hydroxyl groups is 1. The summed E-state index contributed by atoms with van der Waals surface area (Å²) in [5.74, 6) is 0. The van der Waals surface area contributed by atoms with Crippen LogP contribution < -0.4 is 0 Å². The van der Waals surface area contributed by atoms with Crippen molar-refractivity contribution in [1.82, 2.24) is 9.80 Å². The molecule has 1 saturated heterocycles. The fourth-order valence-corrected chi connectivity index (χ4v) is 2.38. The van der Waals surface area contributed by atoms with E-state index in [1.54, 1.807) is 0 Å². The second-order valence-electron chi connectivity index (χ2n) is 4.17. The van der Waals surface area contributed by atoms with Crippen molar-refractivity contribution in [1.29, 1.82) is 0 Å². The van der Waals surface area contributed by atoms with Crippen LogP contribution in [0, 0.1) is 0 Å². The molecule has 0 aromatic rings. The second kappa shape index (κ2) is 4.91. The van der Waals surface area contributed by atoms with E-state index in [1.807, 2.05) is 0 Å². The van der Waals surface area contributed by atoms with Gasteiger partial charge in [-0.3, -0.25) is 9.80 Å². The van der Waals surface area contributed by atoms with Crippen molar-refractivity contribution in [2.75, 3.05) is 39.3 Å². The molecule has 1 aliphatic carbocycles. The van der Waals surface area contributed by atoms with E-state index in [-0.39, 0.29) is 0 Å². The van der Waals surface area contributed by atoms with Crippen molar-refractivity contribution in [2.24, 2.45) is 0 Å². The quantitative estimate of drug-likeness (QED) is 0.658. The number of aliphatic hydroxyl groups excluding tert-OH is 1. The highest BCUT2D eigenvalue weighted by Gasteiger charge is 2.22. The molecule has 0 aromatic carbocycles. The van der Waals surface area contributed by atoms with Crippen LogP contribution in [0.2, 0.25) is 0 Å². The van der Waals surface area contributed by atoms with Crippen molar-refractivity contribution in [3.8, 4) is 0 Å². The summed E-state index contributed by atoms with van der Waals surface area (Å²) in [6.07, 6.45) is 7.20. The van der Waals surface area contributed by atoms with Gasteiger partial charge in [0.05, 0.1) is 6.61 Å². The van der Waals surface area contributed by atoms with Crippen LogP contribution in [0.1, 0.15) is 12.8 Å². The molecule has 1 unspecified atom stereocenters. The van der Waals surface area contributed by atoms with E-state index >= 15 is 0 Å². The minimum atomic E-state index is 0.295. The molecule has 1 aliphatic heterocycles. The van der Waals surface area contributed by atoms with Gasteiger partial charge in [0.15, 0.2) is 0 Å². The molecule has 0 spiro atoms. The predicted octanol–water partition coefficient (Wildman–Crippen LogP) is 0.315. The molecule has 1 heterocycles. The normalized spacial score (nSPS) is 29.9. The summed E-state index contributed by atoms with van der Waals surface area (Å²) < 4.78 is 0. The van der Waals surface area contributed by atoms with E-state index in [0.717, 1.165) is 32.7 Å². The Morgan fingerprint density at radius 1 is 1.21 bits per heavy atom. The first-order chi connectivity index (χ1) is 6.90. The molecular formula is C11H20N2O. The van der Waals surface area contributed by atoms with Crippen molar-refractivity contribution in [2.45, 2.75) is 18.9 Å². The number of nitrogens with zero attached hydrogens (tertiary/aromatic N) is 2. The maximum absolute atomic E-state index is 8.83. The molecule has 0 saturated carbocycles. The van der Waals surface area contributed by atoms with Crippen LogP contribution in [0.3, 0.4) is 0 Å². The third-order valence-electron chi connectivity index (χ3n) is 3.28. The number of hydrogen-bond acceptors (Lipinski definition) is 3. The maximum Gasteiger partial charge on any atom is 0.0558 e. The maximum atomic E-state index is 8.83. The van der Waals surface area contributed by atoms with Crippen molar-refractivity contribution < 1.29 is 5.11 Å². The van der Waals surface area contributed by atoms with Crippen molar-refractivity contribution in [3.05, 3.63) is 12.2 Å². The lowest BCUT2D eigenvalue weighted by Crippen LogP contribution is -2.49. The third kappa shape index (κ3) is 2.35. The Bertz CT molecular complexity index is 197. The van der Waals surface area contributed by atoms with Gasteiger partial charge in [-0.25, -0.2) is 0 Å². The Labute approximate surface area is 86.0 Å². The Balaban J connectivity index is 1.75. The van der Waals surface area contributed by atoms with E-state index in [1.165, 1.54) is 12.8 Å². The molecule has 0 amide bonds. The zero-order valence-corrected chi connectivity index (χ0v) is 8.73. The highest BCUT2D eigenvalue weighted by molar-refractivity contribution is 5.02. The zero-order valence-electron chi connectivity index (χ0n) is 8.73. The van der Waals surface area contributed by atoms with Crippen LogP contribution in [-0.2, 0) is 0 Å². The van der Waals surface area contributed by atoms with Crippen molar-refractivity contribution >= 4 is 0 Å². The second-order valence-corrected chi connectivity index (χ2v) is 4.17. The largest absolute Gasteiger partial charge is 0.395 e. The van der Waals surface area contributed by atoms with Gasteiger partial charge in [-0.15, -0.1) is 0 Å². The van der Waals surface area contributed by atoms with Crippen LogP contribution in [-0.4, -0.2) is 60.3 Å². The van der Waals surface area contributed by atoms with Gasteiger partial charge in [0, 0.05) is 38.8 Å². The number of hydrogen-bond donors (Lipinski definition) is 1. The highest BCUT2D eigenvalue weighted by Crippen LogP contribution is 2.17. The van der Waals surface area contributed by atoms with Gasteiger partial charge in [-0.1, -0.05) is 12.2 Å². The average molecular weight is 196 g/mol. The number of rotatable bonds is 3. The Morgan fingerprint density at radius 2 is 2.00 bits per heavy atom. The fraction of sp³-hybridized carbons (Fsp3) is 0.818. The molecule has 0 radical (unpaired) electrons. The molecule has 0 bridgehead atoms. The molecule has 0 aromatic heterocycles. The van der Waals surface area contributed by atoms with E-state index in [4.69, 9.17) is 5.11 Å². The topological polar surface area (TPSA) is 26.7 Å². The molecule has 14 heavy (non-hydrogen) atoms. The first-order valence-corrected chi connectivity index (χ1v) is 5.64. The Morgan fingerprint density at radius 3 is 2.57 bits per heavy atom. The summed E-state index contributed by atoms with van der Waals surface area (Å²) in [6, 6.07) is 0.700. The number of β-amino-alcohol motifs (C(OH)–C–C–N with tert-alkyl or cyclic N) is 1. The smallest absolute Gasteiger partial charge is 0.0558 e. The summed E-state index contributed by atoms with van der Waals surface area (Å²) in [5.41, 5.74) is 0. The standard InChI is InChI=1S/C11H20N2O/c14-10-9-12-5-7-13(8-6-12)11-3-1-2-4-11/h1,3,11,14H,2,4-10H2. The van der Waals surface area contributed by atoms with Gasteiger partial charge in [-0.2, -0.15) is 0 Å². The summed E-state index contributed by atoms with van der Waals surface area (Å²) in [6.45, 7) is 5.69. The molecule has 2 rings (SSSR count).